The lowest BCUT2D eigenvalue weighted by Crippen LogP contribution is -2.35. The maximum Gasteiger partial charge on any atom is 0.255 e. The Labute approximate surface area is 171 Å². The first kappa shape index (κ1) is 19.5. The third-order valence-electron chi connectivity index (χ3n) is 5.31. The minimum atomic E-state index is -0.355. The molecule has 3 aromatic rings. The fourth-order valence-corrected chi connectivity index (χ4v) is 3.63. The van der Waals surface area contributed by atoms with Crippen molar-refractivity contribution in [2.24, 2.45) is 0 Å². The highest BCUT2D eigenvalue weighted by atomic mass is 16.5. The normalized spacial score (nSPS) is 15.2. The topological polar surface area (TPSA) is 60.5 Å². The highest BCUT2D eigenvalue weighted by molar-refractivity contribution is 5.94. The summed E-state index contributed by atoms with van der Waals surface area (Å²) in [6, 6.07) is 11.8. The van der Waals surface area contributed by atoms with Crippen molar-refractivity contribution in [2.45, 2.75) is 45.4 Å². The van der Waals surface area contributed by atoms with Crippen molar-refractivity contribution in [3.8, 4) is 0 Å². The van der Waals surface area contributed by atoms with Gasteiger partial charge in [-0.25, -0.2) is 4.98 Å². The first-order chi connectivity index (χ1) is 13.9. The number of ether oxygens (including phenoxy) is 1. The summed E-state index contributed by atoms with van der Waals surface area (Å²) in [7, 11) is 1.65. The SMILES string of the molecule is COC(c1ccccc1)c1nc2c(o1)CCN(C(=O)c1ccn(C(C)(C)C)c1)C2. The number of hydrogen-bond acceptors (Lipinski definition) is 4. The summed E-state index contributed by atoms with van der Waals surface area (Å²) in [6.45, 7) is 7.41. The van der Waals surface area contributed by atoms with E-state index in [1.54, 1.807) is 7.11 Å². The number of rotatable bonds is 4. The molecule has 152 valence electrons. The molecule has 0 saturated heterocycles. The maximum atomic E-state index is 13.0. The molecule has 0 saturated carbocycles. The number of oxazole rings is 1. The Bertz CT molecular complexity index is 998. The van der Waals surface area contributed by atoms with Crippen LogP contribution in [0.4, 0.5) is 0 Å². The Hall–Kier alpha value is -2.86. The quantitative estimate of drug-likeness (QED) is 0.668. The van der Waals surface area contributed by atoms with E-state index in [1.807, 2.05) is 53.7 Å². The van der Waals surface area contributed by atoms with Crippen molar-refractivity contribution >= 4 is 5.91 Å². The fraction of sp³-hybridized carbons (Fsp3) is 0.391. The van der Waals surface area contributed by atoms with Crippen LogP contribution in [0.1, 0.15) is 60.1 Å². The van der Waals surface area contributed by atoms with Crippen LogP contribution in [0, 0.1) is 0 Å². The molecule has 6 heteroatoms. The van der Waals surface area contributed by atoms with Gasteiger partial charge in [0.25, 0.3) is 5.91 Å². The fourth-order valence-electron chi connectivity index (χ4n) is 3.63. The number of carbonyl (C=O) groups is 1. The van der Waals surface area contributed by atoms with E-state index in [0.717, 1.165) is 17.0 Å². The van der Waals surface area contributed by atoms with Crippen LogP contribution < -0.4 is 0 Å². The molecule has 0 bridgehead atoms. The zero-order valence-electron chi connectivity index (χ0n) is 17.4. The number of amides is 1. The Morgan fingerprint density at radius 1 is 1.21 bits per heavy atom. The lowest BCUT2D eigenvalue weighted by atomic mass is 10.1. The van der Waals surface area contributed by atoms with Crippen LogP contribution in [0.15, 0.2) is 53.2 Å². The van der Waals surface area contributed by atoms with E-state index in [9.17, 15) is 4.79 Å². The van der Waals surface area contributed by atoms with Gasteiger partial charge in [0.2, 0.25) is 5.89 Å². The third kappa shape index (κ3) is 3.85. The molecular weight excluding hydrogens is 366 g/mol. The number of fused-ring (bicyclic) bond motifs is 1. The molecule has 1 atom stereocenters. The van der Waals surface area contributed by atoms with Crippen LogP contribution >= 0.6 is 0 Å². The molecule has 0 radical (unpaired) electrons. The highest BCUT2D eigenvalue weighted by Gasteiger charge is 2.29. The van der Waals surface area contributed by atoms with Gasteiger partial charge in [-0.15, -0.1) is 0 Å². The van der Waals surface area contributed by atoms with Crippen LogP contribution in [0.2, 0.25) is 0 Å². The van der Waals surface area contributed by atoms with Crippen LogP contribution in [0.25, 0.3) is 0 Å². The van der Waals surface area contributed by atoms with E-state index in [-0.39, 0.29) is 17.6 Å². The van der Waals surface area contributed by atoms with Crippen molar-refractivity contribution in [2.75, 3.05) is 13.7 Å². The van der Waals surface area contributed by atoms with Gasteiger partial charge in [0.15, 0.2) is 6.10 Å². The summed E-state index contributed by atoms with van der Waals surface area (Å²) in [5, 5.41) is 0. The van der Waals surface area contributed by atoms with Crippen molar-refractivity contribution in [1.82, 2.24) is 14.5 Å². The number of benzene rings is 1. The molecule has 4 rings (SSSR count). The molecule has 2 aromatic heterocycles. The molecule has 1 aliphatic heterocycles. The standard InChI is InChI=1S/C23H27N3O3/c1-23(2,3)26-13-10-17(14-26)22(27)25-12-11-19-18(15-25)24-21(29-19)20(28-4)16-8-6-5-7-9-16/h5-10,13-14,20H,11-12,15H2,1-4H3. The largest absolute Gasteiger partial charge is 0.442 e. The lowest BCUT2D eigenvalue weighted by molar-refractivity contribution is 0.0727. The molecular formula is C23H27N3O3. The van der Waals surface area contributed by atoms with Crippen molar-refractivity contribution < 1.29 is 13.9 Å². The highest BCUT2D eigenvalue weighted by Crippen LogP contribution is 2.29. The predicted molar refractivity (Wildman–Crippen MR) is 110 cm³/mol. The summed E-state index contributed by atoms with van der Waals surface area (Å²) in [5.74, 6) is 1.40. The second kappa shape index (κ2) is 7.52. The second-order valence-electron chi connectivity index (χ2n) is 8.40. The van der Waals surface area contributed by atoms with Crippen LogP contribution in [-0.2, 0) is 23.2 Å². The Morgan fingerprint density at radius 3 is 2.62 bits per heavy atom. The van der Waals surface area contributed by atoms with E-state index in [1.165, 1.54) is 0 Å². The average molecular weight is 393 g/mol. The number of aromatic nitrogens is 2. The van der Waals surface area contributed by atoms with E-state index < -0.39 is 0 Å². The zero-order valence-corrected chi connectivity index (χ0v) is 17.4. The summed E-state index contributed by atoms with van der Waals surface area (Å²) in [5.41, 5.74) is 2.45. The van der Waals surface area contributed by atoms with Gasteiger partial charge in [-0.2, -0.15) is 0 Å². The van der Waals surface area contributed by atoms with Crippen LogP contribution in [0.3, 0.4) is 0 Å². The molecule has 6 nitrogen and oxygen atoms in total. The van der Waals surface area contributed by atoms with Gasteiger partial charge >= 0.3 is 0 Å². The molecule has 0 N–H and O–H groups in total. The third-order valence-corrected chi connectivity index (χ3v) is 5.31. The molecule has 0 spiro atoms. The lowest BCUT2D eigenvalue weighted by Gasteiger charge is -2.25. The van der Waals surface area contributed by atoms with E-state index in [0.29, 0.717) is 31.0 Å². The predicted octanol–water partition coefficient (Wildman–Crippen LogP) is 4.17. The van der Waals surface area contributed by atoms with Crippen LogP contribution in [-0.4, -0.2) is 34.0 Å². The summed E-state index contributed by atoms with van der Waals surface area (Å²) in [6.07, 6.45) is 4.17. The Morgan fingerprint density at radius 2 is 1.97 bits per heavy atom. The number of hydrogen-bond donors (Lipinski definition) is 0. The summed E-state index contributed by atoms with van der Waals surface area (Å²) in [4.78, 5) is 19.5. The molecule has 3 heterocycles. The van der Waals surface area contributed by atoms with Gasteiger partial charge in [0.1, 0.15) is 11.5 Å². The Balaban J connectivity index is 1.53. The van der Waals surface area contributed by atoms with E-state index in [2.05, 4.69) is 30.3 Å². The monoisotopic (exact) mass is 393 g/mol. The van der Waals surface area contributed by atoms with Crippen molar-refractivity contribution in [1.29, 1.82) is 0 Å². The average Bonchev–Trinajstić information content (AvgIpc) is 3.35. The first-order valence-corrected chi connectivity index (χ1v) is 9.91. The first-order valence-electron chi connectivity index (χ1n) is 9.91. The Kier molecular flexibility index (Phi) is 5.04. The molecule has 1 unspecified atom stereocenters. The zero-order chi connectivity index (χ0) is 20.6. The van der Waals surface area contributed by atoms with Gasteiger partial charge in [-0.05, 0) is 32.4 Å². The van der Waals surface area contributed by atoms with Gasteiger partial charge in [0.05, 0.1) is 12.1 Å². The number of methoxy groups -OCH3 is 1. The number of carbonyl (C=O) groups excluding carboxylic acids is 1. The molecule has 1 aliphatic rings. The minimum Gasteiger partial charge on any atom is -0.442 e. The molecule has 0 fully saturated rings. The molecule has 1 aromatic carbocycles. The summed E-state index contributed by atoms with van der Waals surface area (Å²) < 4.78 is 13.7. The van der Waals surface area contributed by atoms with Gasteiger partial charge in [0, 0.05) is 38.0 Å². The minimum absolute atomic E-state index is 0.0227. The van der Waals surface area contributed by atoms with Crippen molar-refractivity contribution in [3.63, 3.8) is 0 Å². The van der Waals surface area contributed by atoms with E-state index >= 15 is 0 Å². The van der Waals surface area contributed by atoms with E-state index in [4.69, 9.17) is 9.15 Å². The van der Waals surface area contributed by atoms with Crippen molar-refractivity contribution in [3.05, 3.63) is 77.3 Å². The maximum absolute atomic E-state index is 13.0. The molecule has 29 heavy (non-hydrogen) atoms. The number of nitrogens with zero attached hydrogens (tertiary/aromatic N) is 3. The van der Waals surface area contributed by atoms with Gasteiger partial charge in [-0.3, -0.25) is 4.79 Å². The van der Waals surface area contributed by atoms with Crippen LogP contribution in [0.5, 0.6) is 0 Å². The molecule has 1 amide bonds. The summed E-state index contributed by atoms with van der Waals surface area (Å²) >= 11 is 0. The van der Waals surface area contributed by atoms with Gasteiger partial charge < -0.3 is 18.6 Å². The van der Waals surface area contributed by atoms with Gasteiger partial charge in [-0.1, -0.05) is 30.3 Å². The molecule has 0 aliphatic carbocycles. The smallest absolute Gasteiger partial charge is 0.255 e. The second-order valence-corrected chi connectivity index (χ2v) is 8.40.